The number of benzene rings is 3. The lowest BCUT2D eigenvalue weighted by molar-refractivity contribution is 0.102. The first-order valence-corrected chi connectivity index (χ1v) is 13.2. The molecule has 0 spiro atoms. The third-order valence-corrected chi connectivity index (χ3v) is 8.53. The van der Waals surface area contributed by atoms with Crippen LogP contribution in [0.25, 0.3) is 0 Å². The average Bonchev–Trinajstić information content (AvgIpc) is 3.39. The monoisotopic (exact) mass is 482 g/mol. The molecule has 6 nitrogen and oxygen atoms in total. The lowest BCUT2D eigenvalue weighted by Gasteiger charge is -2.18. The number of sulfonamides is 1. The predicted molar refractivity (Wildman–Crippen MR) is 131 cm³/mol. The van der Waals surface area contributed by atoms with Gasteiger partial charge in [-0.05, 0) is 48.7 Å². The molecular weight excluding hydrogens is 456 g/mol. The number of hydrogen-bond donors (Lipinski definition) is 1. The van der Waals surface area contributed by atoms with Crippen LogP contribution in [-0.2, 0) is 15.8 Å². The number of anilines is 1. The Hall–Kier alpha value is -2.81. The maximum Gasteiger partial charge on any atom is 0.256 e. The molecule has 1 heterocycles. The molecule has 1 aliphatic rings. The number of nitrogens with zero attached hydrogens (tertiary/aromatic N) is 1. The van der Waals surface area contributed by atoms with Crippen LogP contribution in [-0.4, -0.2) is 38.8 Å². The van der Waals surface area contributed by atoms with E-state index >= 15 is 0 Å². The second kappa shape index (κ2) is 10.4. The third kappa shape index (κ3) is 5.40. The second-order valence-electron chi connectivity index (χ2n) is 7.70. The highest BCUT2D eigenvalue weighted by molar-refractivity contribution is 7.98. The van der Waals surface area contributed by atoms with E-state index in [9.17, 15) is 13.2 Å². The van der Waals surface area contributed by atoms with E-state index < -0.39 is 10.0 Å². The smallest absolute Gasteiger partial charge is 0.256 e. The number of carbonyl (C=O) groups excluding carboxylic acids is 1. The van der Waals surface area contributed by atoms with Gasteiger partial charge < -0.3 is 10.1 Å². The first-order valence-electron chi connectivity index (χ1n) is 10.7. The molecule has 4 rings (SSSR count). The summed E-state index contributed by atoms with van der Waals surface area (Å²) in [5.41, 5.74) is 2.01. The topological polar surface area (TPSA) is 75.7 Å². The molecule has 0 atom stereocenters. The summed E-state index contributed by atoms with van der Waals surface area (Å²) in [6.07, 6.45) is 1.72. The minimum atomic E-state index is -3.61. The summed E-state index contributed by atoms with van der Waals surface area (Å²) in [6.45, 7) is 1.03. The van der Waals surface area contributed by atoms with Crippen molar-refractivity contribution in [2.75, 3.05) is 25.5 Å². The van der Waals surface area contributed by atoms with Crippen LogP contribution in [0.2, 0.25) is 0 Å². The maximum atomic E-state index is 13.2. The van der Waals surface area contributed by atoms with Crippen LogP contribution in [0.3, 0.4) is 0 Å². The van der Waals surface area contributed by atoms with Crippen LogP contribution < -0.4 is 10.1 Å². The van der Waals surface area contributed by atoms with Gasteiger partial charge in [-0.2, -0.15) is 4.31 Å². The predicted octanol–water partition coefficient (Wildman–Crippen LogP) is 5.02. The van der Waals surface area contributed by atoms with Crippen molar-refractivity contribution >= 4 is 33.4 Å². The molecule has 1 N–H and O–H groups in total. The zero-order valence-electron chi connectivity index (χ0n) is 18.4. The summed E-state index contributed by atoms with van der Waals surface area (Å²) in [6, 6.07) is 22.0. The number of rotatable bonds is 8. The first-order chi connectivity index (χ1) is 16.0. The molecular formula is C25H26N2O4S2. The molecule has 0 aromatic heterocycles. The largest absolute Gasteiger partial charge is 0.495 e. The molecule has 3 aromatic rings. The number of nitrogens with one attached hydrogen (secondary N) is 1. The highest BCUT2D eigenvalue weighted by Gasteiger charge is 2.28. The van der Waals surface area contributed by atoms with Crippen molar-refractivity contribution in [3.63, 3.8) is 0 Å². The van der Waals surface area contributed by atoms with Gasteiger partial charge in [-0.15, -0.1) is 11.8 Å². The molecule has 0 aliphatic carbocycles. The molecule has 1 fully saturated rings. The number of hydrogen-bond acceptors (Lipinski definition) is 5. The number of carbonyl (C=O) groups is 1. The fraction of sp³-hybridized carbons (Fsp3) is 0.240. The van der Waals surface area contributed by atoms with Crippen molar-refractivity contribution in [2.24, 2.45) is 0 Å². The van der Waals surface area contributed by atoms with E-state index in [0.29, 0.717) is 30.1 Å². The molecule has 8 heteroatoms. The van der Waals surface area contributed by atoms with Crippen LogP contribution in [0.5, 0.6) is 5.75 Å². The Morgan fingerprint density at radius 1 is 1.00 bits per heavy atom. The van der Waals surface area contributed by atoms with Crippen molar-refractivity contribution < 1.29 is 17.9 Å². The van der Waals surface area contributed by atoms with Crippen molar-refractivity contribution in [2.45, 2.75) is 28.4 Å². The Labute approximate surface area is 199 Å². The number of ether oxygens (including phenoxy) is 1. The Morgan fingerprint density at radius 2 is 1.70 bits per heavy atom. The van der Waals surface area contributed by atoms with Crippen molar-refractivity contribution in [1.82, 2.24) is 4.31 Å². The normalized spacial score (nSPS) is 14.2. The average molecular weight is 483 g/mol. The fourth-order valence-corrected chi connectivity index (χ4v) is 6.28. The van der Waals surface area contributed by atoms with Gasteiger partial charge in [-0.1, -0.05) is 42.5 Å². The molecule has 1 amide bonds. The molecule has 0 bridgehead atoms. The molecule has 1 aliphatic heterocycles. The molecule has 172 valence electrons. The van der Waals surface area contributed by atoms with Crippen LogP contribution in [0, 0.1) is 0 Å². The molecule has 0 saturated carbocycles. The summed E-state index contributed by atoms with van der Waals surface area (Å²) < 4.78 is 32.8. The lowest BCUT2D eigenvalue weighted by Crippen LogP contribution is -2.28. The van der Waals surface area contributed by atoms with E-state index in [1.807, 2.05) is 48.5 Å². The second-order valence-corrected chi connectivity index (χ2v) is 10.7. The Bertz CT molecular complexity index is 1220. The van der Waals surface area contributed by atoms with Gasteiger partial charge in [0.1, 0.15) is 5.75 Å². The minimum Gasteiger partial charge on any atom is -0.495 e. The van der Waals surface area contributed by atoms with E-state index in [1.165, 1.54) is 29.1 Å². The third-order valence-electron chi connectivity index (χ3n) is 5.49. The maximum absolute atomic E-state index is 13.2. The quantitative estimate of drug-likeness (QED) is 0.456. The van der Waals surface area contributed by atoms with Crippen molar-refractivity contribution in [3.05, 3.63) is 83.9 Å². The zero-order valence-corrected chi connectivity index (χ0v) is 20.0. The van der Waals surface area contributed by atoms with Crippen molar-refractivity contribution in [3.8, 4) is 5.75 Å². The van der Waals surface area contributed by atoms with Gasteiger partial charge >= 0.3 is 0 Å². The number of amides is 1. The summed E-state index contributed by atoms with van der Waals surface area (Å²) in [5.74, 6) is 0.816. The minimum absolute atomic E-state index is 0.146. The van der Waals surface area contributed by atoms with Gasteiger partial charge in [0, 0.05) is 23.7 Å². The standard InChI is InChI=1S/C25H26N2O4S2/c1-31-23-14-13-20(33(29,30)27-15-7-8-16-27)17-22(23)26-25(28)21-11-5-6-12-24(21)32-18-19-9-3-2-4-10-19/h2-6,9-14,17H,7-8,15-16,18H2,1H3,(H,26,28). The Kier molecular flexibility index (Phi) is 7.37. The van der Waals surface area contributed by atoms with Gasteiger partial charge in [0.05, 0.1) is 23.3 Å². The van der Waals surface area contributed by atoms with Crippen LogP contribution in [0.1, 0.15) is 28.8 Å². The van der Waals surface area contributed by atoms with Gasteiger partial charge in [0.15, 0.2) is 0 Å². The van der Waals surface area contributed by atoms with E-state index in [-0.39, 0.29) is 10.8 Å². The SMILES string of the molecule is COc1ccc(S(=O)(=O)N2CCCC2)cc1NC(=O)c1ccccc1SCc1ccccc1. The van der Waals surface area contributed by atoms with E-state index in [1.54, 1.807) is 23.9 Å². The van der Waals surface area contributed by atoms with E-state index in [0.717, 1.165) is 23.5 Å². The molecule has 0 radical (unpaired) electrons. The van der Waals surface area contributed by atoms with Crippen LogP contribution >= 0.6 is 11.8 Å². The number of thioether (sulfide) groups is 1. The lowest BCUT2D eigenvalue weighted by atomic mass is 10.2. The summed E-state index contributed by atoms with van der Waals surface area (Å²) in [7, 11) is -2.12. The molecule has 0 unspecified atom stereocenters. The van der Waals surface area contributed by atoms with Gasteiger partial charge in [-0.25, -0.2) is 8.42 Å². The Balaban J connectivity index is 1.57. The van der Waals surface area contributed by atoms with Gasteiger partial charge in [0.25, 0.3) is 5.91 Å². The van der Waals surface area contributed by atoms with Crippen molar-refractivity contribution in [1.29, 1.82) is 0 Å². The van der Waals surface area contributed by atoms with Crippen LogP contribution in [0.15, 0.2) is 82.6 Å². The van der Waals surface area contributed by atoms with Gasteiger partial charge in [-0.3, -0.25) is 4.79 Å². The summed E-state index contributed by atoms with van der Waals surface area (Å²) >= 11 is 1.58. The number of methoxy groups -OCH3 is 1. The highest BCUT2D eigenvalue weighted by atomic mass is 32.2. The molecule has 3 aromatic carbocycles. The summed E-state index contributed by atoms with van der Waals surface area (Å²) in [4.78, 5) is 14.2. The van der Waals surface area contributed by atoms with Gasteiger partial charge in [0.2, 0.25) is 10.0 Å². The Morgan fingerprint density at radius 3 is 2.42 bits per heavy atom. The van der Waals surface area contributed by atoms with E-state index in [2.05, 4.69) is 5.32 Å². The summed E-state index contributed by atoms with van der Waals surface area (Å²) in [5, 5.41) is 2.86. The fourth-order valence-electron chi connectivity index (χ4n) is 3.73. The molecule has 1 saturated heterocycles. The van der Waals surface area contributed by atoms with Crippen LogP contribution in [0.4, 0.5) is 5.69 Å². The van der Waals surface area contributed by atoms with E-state index in [4.69, 9.17) is 4.74 Å². The first kappa shape index (κ1) is 23.4. The molecule has 33 heavy (non-hydrogen) atoms. The zero-order chi connectivity index (χ0) is 23.3. The highest BCUT2D eigenvalue weighted by Crippen LogP contribution is 2.32.